The summed E-state index contributed by atoms with van der Waals surface area (Å²) in [6.45, 7) is 5.85. The zero-order valence-corrected chi connectivity index (χ0v) is 13.2. The number of nitrogens with one attached hydrogen (secondary N) is 2. The van der Waals surface area contributed by atoms with Crippen LogP contribution < -0.4 is 10.6 Å². The highest BCUT2D eigenvalue weighted by atomic mass is 79.9. The molecule has 2 N–H and O–H groups in total. The average molecular weight is 331 g/mol. The fourth-order valence-electron chi connectivity index (χ4n) is 2.38. The Kier molecular flexibility index (Phi) is 4.45. The van der Waals surface area contributed by atoms with E-state index in [4.69, 9.17) is 0 Å². The minimum atomic E-state index is -0.0787. The molecule has 1 fully saturated rings. The van der Waals surface area contributed by atoms with Crippen LogP contribution >= 0.6 is 27.3 Å². The molecule has 0 bridgehead atoms. The third-order valence-corrected chi connectivity index (χ3v) is 5.43. The molecular formula is C13H19BrN2OS. The van der Waals surface area contributed by atoms with Gasteiger partial charge in [-0.3, -0.25) is 4.79 Å². The molecule has 2 rings (SSSR count). The van der Waals surface area contributed by atoms with Crippen molar-refractivity contribution < 1.29 is 4.79 Å². The maximum Gasteiger partial charge on any atom is 0.237 e. The summed E-state index contributed by atoms with van der Waals surface area (Å²) in [5.74, 6) is 0.111. The molecule has 0 radical (unpaired) electrons. The van der Waals surface area contributed by atoms with Gasteiger partial charge >= 0.3 is 0 Å². The Labute approximate surface area is 120 Å². The first-order chi connectivity index (χ1) is 8.50. The van der Waals surface area contributed by atoms with Crippen LogP contribution in [0.2, 0.25) is 0 Å². The van der Waals surface area contributed by atoms with E-state index in [1.807, 2.05) is 11.4 Å². The van der Waals surface area contributed by atoms with Gasteiger partial charge in [-0.1, -0.05) is 13.8 Å². The van der Waals surface area contributed by atoms with Crippen LogP contribution in [-0.2, 0) is 11.3 Å². The van der Waals surface area contributed by atoms with Crippen LogP contribution in [0.3, 0.4) is 0 Å². The molecule has 1 aliphatic heterocycles. The monoisotopic (exact) mass is 330 g/mol. The van der Waals surface area contributed by atoms with Crippen molar-refractivity contribution in [2.75, 3.05) is 6.54 Å². The highest BCUT2D eigenvalue weighted by Gasteiger charge is 2.36. The number of carbonyl (C=O) groups is 1. The molecule has 0 saturated carbocycles. The molecule has 0 aromatic carbocycles. The number of carbonyl (C=O) groups excluding carboxylic acids is 1. The molecule has 3 nitrogen and oxygen atoms in total. The molecule has 1 aromatic rings. The quantitative estimate of drug-likeness (QED) is 0.894. The number of rotatable bonds is 3. The molecule has 1 aromatic heterocycles. The van der Waals surface area contributed by atoms with Gasteiger partial charge in [0.1, 0.15) is 0 Å². The van der Waals surface area contributed by atoms with Crippen LogP contribution in [-0.4, -0.2) is 18.5 Å². The predicted molar refractivity (Wildman–Crippen MR) is 78.7 cm³/mol. The summed E-state index contributed by atoms with van der Waals surface area (Å²) in [7, 11) is 0. The summed E-state index contributed by atoms with van der Waals surface area (Å²) in [6, 6.07) is 1.93. The summed E-state index contributed by atoms with van der Waals surface area (Å²) < 4.78 is 1.07. The number of hydrogen-bond donors (Lipinski definition) is 2. The largest absolute Gasteiger partial charge is 0.350 e. The van der Waals surface area contributed by atoms with Crippen LogP contribution in [0.5, 0.6) is 0 Å². The maximum atomic E-state index is 12.2. The van der Waals surface area contributed by atoms with Crippen molar-refractivity contribution in [1.29, 1.82) is 0 Å². The van der Waals surface area contributed by atoms with E-state index in [9.17, 15) is 4.79 Å². The topological polar surface area (TPSA) is 41.1 Å². The zero-order chi connectivity index (χ0) is 13.2. The zero-order valence-electron chi connectivity index (χ0n) is 10.8. The lowest BCUT2D eigenvalue weighted by atomic mass is 9.77. The molecule has 1 saturated heterocycles. The van der Waals surface area contributed by atoms with Gasteiger partial charge < -0.3 is 10.6 Å². The second-order valence-electron chi connectivity index (χ2n) is 5.39. The molecule has 1 amide bonds. The lowest BCUT2D eigenvalue weighted by Gasteiger charge is -2.38. The molecule has 100 valence electrons. The summed E-state index contributed by atoms with van der Waals surface area (Å²) in [6.07, 6.45) is 2.24. The maximum absolute atomic E-state index is 12.2. The van der Waals surface area contributed by atoms with Gasteiger partial charge in [0.25, 0.3) is 0 Å². The molecule has 5 heteroatoms. The van der Waals surface area contributed by atoms with Crippen molar-refractivity contribution in [3.63, 3.8) is 0 Å². The number of amides is 1. The average Bonchev–Trinajstić information content (AvgIpc) is 2.71. The molecule has 1 atom stereocenters. The Balaban J connectivity index is 1.93. The van der Waals surface area contributed by atoms with Gasteiger partial charge in [-0.05, 0) is 52.2 Å². The van der Waals surface area contributed by atoms with E-state index in [1.54, 1.807) is 11.3 Å². The number of hydrogen-bond acceptors (Lipinski definition) is 3. The molecule has 18 heavy (non-hydrogen) atoms. The molecular weight excluding hydrogens is 312 g/mol. The van der Waals surface area contributed by atoms with Crippen LogP contribution in [0.4, 0.5) is 0 Å². The smallest absolute Gasteiger partial charge is 0.237 e. The third-order valence-electron chi connectivity index (χ3n) is 3.50. The summed E-state index contributed by atoms with van der Waals surface area (Å²) in [5.41, 5.74) is 0.0367. The minimum Gasteiger partial charge on any atom is -0.350 e. The number of thiophene rings is 1. The van der Waals surface area contributed by atoms with E-state index in [0.717, 1.165) is 28.7 Å². The summed E-state index contributed by atoms with van der Waals surface area (Å²) >= 11 is 5.13. The van der Waals surface area contributed by atoms with Crippen molar-refractivity contribution in [3.05, 3.63) is 20.8 Å². The second kappa shape index (κ2) is 5.72. The fourth-order valence-corrected chi connectivity index (χ4v) is 3.81. The van der Waals surface area contributed by atoms with Gasteiger partial charge in [-0.2, -0.15) is 0 Å². The van der Waals surface area contributed by atoms with E-state index in [0.29, 0.717) is 6.54 Å². The summed E-state index contributed by atoms with van der Waals surface area (Å²) in [4.78, 5) is 13.4. The van der Waals surface area contributed by atoms with Crippen LogP contribution in [0.15, 0.2) is 15.9 Å². The fraction of sp³-hybridized carbons (Fsp3) is 0.615. The van der Waals surface area contributed by atoms with Gasteiger partial charge in [-0.25, -0.2) is 0 Å². The van der Waals surface area contributed by atoms with E-state index in [2.05, 4.69) is 40.4 Å². The SMILES string of the molecule is CC1(C)CCCNC1C(=O)NCc1sccc1Br. The van der Waals surface area contributed by atoms with Crippen molar-refractivity contribution in [2.24, 2.45) is 5.41 Å². The lowest BCUT2D eigenvalue weighted by molar-refractivity contribution is -0.126. The Morgan fingerprint density at radius 3 is 3.06 bits per heavy atom. The first-order valence-corrected chi connectivity index (χ1v) is 7.91. The van der Waals surface area contributed by atoms with Crippen molar-refractivity contribution in [3.8, 4) is 0 Å². The lowest BCUT2D eigenvalue weighted by Crippen LogP contribution is -2.55. The first-order valence-electron chi connectivity index (χ1n) is 6.24. The van der Waals surface area contributed by atoms with Gasteiger partial charge in [0.05, 0.1) is 12.6 Å². The Morgan fingerprint density at radius 1 is 1.67 bits per heavy atom. The van der Waals surface area contributed by atoms with Crippen LogP contribution in [0, 0.1) is 5.41 Å². The third kappa shape index (κ3) is 3.13. The van der Waals surface area contributed by atoms with Crippen molar-refractivity contribution in [1.82, 2.24) is 10.6 Å². The van der Waals surface area contributed by atoms with Crippen molar-refractivity contribution in [2.45, 2.75) is 39.3 Å². The Hall–Kier alpha value is -0.390. The highest BCUT2D eigenvalue weighted by molar-refractivity contribution is 9.10. The standard InChI is InChI=1S/C13H19BrN2OS/c1-13(2)5-3-6-15-11(13)12(17)16-8-10-9(14)4-7-18-10/h4,7,11,15H,3,5-6,8H2,1-2H3,(H,16,17). The predicted octanol–water partition coefficient (Wildman–Crippen LogP) is 2.91. The molecule has 1 aliphatic rings. The van der Waals surface area contributed by atoms with Gasteiger partial charge in [-0.15, -0.1) is 11.3 Å². The number of piperidine rings is 1. The first kappa shape index (κ1) is 14.0. The molecule has 2 heterocycles. The minimum absolute atomic E-state index is 0.0367. The number of halogens is 1. The van der Waals surface area contributed by atoms with Gasteiger partial charge in [0, 0.05) is 9.35 Å². The normalized spacial score (nSPS) is 22.7. The second-order valence-corrected chi connectivity index (χ2v) is 7.24. The Bertz CT molecular complexity index is 430. The molecule has 1 unspecified atom stereocenters. The van der Waals surface area contributed by atoms with Gasteiger partial charge in [0.15, 0.2) is 0 Å². The van der Waals surface area contributed by atoms with Crippen LogP contribution in [0.25, 0.3) is 0 Å². The highest BCUT2D eigenvalue weighted by Crippen LogP contribution is 2.30. The van der Waals surface area contributed by atoms with Gasteiger partial charge in [0.2, 0.25) is 5.91 Å². The van der Waals surface area contributed by atoms with E-state index < -0.39 is 0 Å². The molecule has 0 aliphatic carbocycles. The van der Waals surface area contributed by atoms with E-state index >= 15 is 0 Å². The van der Waals surface area contributed by atoms with E-state index in [-0.39, 0.29) is 17.4 Å². The molecule has 0 spiro atoms. The Morgan fingerprint density at radius 2 is 2.44 bits per heavy atom. The summed E-state index contributed by atoms with van der Waals surface area (Å²) in [5, 5.41) is 8.39. The van der Waals surface area contributed by atoms with Crippen molar-refractivity contribution >= 4 is 33.2 Å². The van der Waals surface area contributed by atoms with E-state index in [1.165, 1.54) is 0 Å². The van der Waals surface area contributed by atoms with Crippen LogP contribution in [0.1, 0.15) is 31.6 Å².